The van der Waals surface area contributed by atoms with Gasteiger partial charge in [-0.15, -0.1) is 0 Å². The number of nitro benzene ring substituents is 1. The summed E-state index contributed by atoms with van der Waals surface area (Å²) >= 11 is 0. The van der Waals surface area contributed by atoms with E-state index >= 15 is 0 Å². The zero-order valence-electron chi connectivity index (χ0n) is 18.5. The Morgan fingerprint density at radius 3 is 2.06 bits per heavy atom. The third-order valence-corrected chi connectivity index (χ3v) is 5.06. The van der Waals surface area contributed by atoms with Gasteiger partial charge in [0.25, 0.3) is 5.69 Å². The molecule has 178 valence electrons. The molecule has 1 heterocycles. The molecule has 2 aromatic rings. The maximum atomic E-state index is 10.9. The Hall–Kier alpha value is -3.70. The third kappa shape index (κ3) is 8.05. The van der Waals surface area contributed by atoms with E-state index in [2.05, 4.69) is 9.80 Å². The Bertz CT molecular complexity index is 962. The molecule has 2 aromatic carbocycles. The highest BCUT2D eigenvalue weighted by atomic mass is 16.6. The maximum absolute atomic E-state index is 10.9. The van der Waals surface area contributed by atoms with Gasteiger partial charge in [0, 0.05) is 57.0 Å². The zero-order chi connectivity index (χ0) is 24.4. The quantitative estimate of drug-likeness (QED) is 0.357. The smallest absolute Gasteiger partial charge is 0.414 e. The van der Waals surface area contributed by atoms with E-state index in [1.54, 1.807) is 26.4 Å². The van der Waals surface area contributed by atoms with Gasteiger partial charge in [-0.2, -0.15) is 0 Å². The summed E-state index contributed by atoms with van der Waals surface area (Å²) in [4.78, 5) is 33.5. The van der Waals surface area contributed by atoms with Crippen molar-refractivity contribution in [3.8, 4) is 11.5 Å². The molecule has 0 unspecified atom stereocenters. The first-order valence-corrected chi connectivity index (χ1v) is 10.1. The fourth-order valence-electron chi connectivity index (χ4n) is 3.38. The minimum absolute atomic E-state index is 0.149. The average molecular weight is 461 g/mol. The van der Waals surface area contributed by atoms with E-state index in [1.165, 1.54) is 6.07 Å². The van der Waals surface area contributed by atoms with Crippen LogP contribution in [-0.4, -0.2) is 77.3 Å². The predicted molar refractivity (Wildman–Crippen MR) is 118 cm³/mol. The summed E-state index contributed by atoms with van der Waals surface area (Å²) in [6, 6.07) is 12.7. The molecule has 0 bridgehead atoms. The first kappa shape index (κ1) is 25.6. The van der Waals surface area contributed by atoms with E-state index < -0.39 is 11.9 Å². The van der Waals surface area contributed by atoms with Crippen molar-refractivity contribution >= 4 is 17.6 Å². The van der Waals surface area contributed by atoms with E-state index in [4.69, 9.17) is 29.3 Å². The number of benzene rings is 2. The molecule has 11 heteroatoms. The van der Waals surface area contributed by atoms with Crippen molar-refractivity contribution in [1.82, 2.24) is 9.80 Å². The van der Waals surface area contributed by atoms with Crippen molar-refractivity contribution in [2.75, 3.05) is 40.4 Å². The SMILES string of the molecule is COc1ccc(OC)c(CN2CCN(Cc3cccc([N+](=O)[O-])c3)CC2)c1.O=C(O)C(=O)O. The summed E-state index contributed by atoms with van der Waals surface area (Å²) in [5, 5.41) is 25.7. The van der Waals surface area contributed by atoms with Crippen LogP contribution in [0.25, 0.3) is 0 Å². The highest BCUT2D eigenvalue weighted by molar-refractivity contribution is 6.27. The second-order valence-electron chi connectivity index (χ2n) is 7.27. The number of methoxy groups -OCH3 is 2. The Morgan fingerprint density at radius 1 is 0.939 bits per heavy atom. The molecule has 1 aliphatic heterocycles. The molecule has 1 aliphatic rings. The second-order valence-corrected chi connectivity index (χ2v) is 7.27. The van der Waals surface area contributed by atoms with Gasteiger partial charge in [0.05, 0.1) is 19.1 Å². The number of piperazine rings is 1. The molecule has 0 spiro atoms. The molecular formula is C22H27N3O8. The van der Waals surface area contributed by atoms with Crippen molar-refractivity contribution in [1.29, 1.82) is 0 Å². The summed E-state index contributed by atoms with van der Waals surface area (Å²) in [7, 11) is 3.35. The standard InChI is InChI=1S/C20H25N3O4.C2H2O4/c1-26-19-6-7-20(27-2)17(13-19)15-22-10-8-21(9-11-22)14-16-4-3-5-18(12-16)23(24)25;3-1(4)2(5)6/h3-7,12-13H,8-11,14-15H2,1-2H3;(H,3,4)(H,5,6). The molecule has 33 heavy (non-hydrogen) atoms. The van der Waals surface area contributed by atoms with Crippen LogP contribution in [0.4, 0.5) is 5.69 Å². The number of carbonyl (C=O) groups is 2. The minimum Gasteiger partial charge on any atom is -0.497 e. The van der Waals surface area contributed by atoms with Crippen molar-refractivity contribution in [2.45, 2.75) is 13.1 Å². The Morgan fingerprint density at radius 2 is 1.55 bits per heavy atom. The summed E-state index contributed by atoms with van der Waals surface area (Å²) < 4.78 is 10.8. The predicted octanol–water partition coefficient (Wildman–Crippen LogP) is 2.09. The molecule has 0 atom stereocenters. The number of nitro groups is 1. The first-order valence-electron chi connectivity index (χ1n) is 10.1. The topological polar surface area (TPSA) is 143 Å². The van der Waals surface area contributed by atoms with E-state index in [0.717, 1.165) is 61.9 Å². The van der Waals surface area contributed by atoms with Crippen LogP contribution >= 0.6 is 0 Å². The molecule has 11 nitrogen and oxygen atoms in total. The van der Waals surface area contributed by atoms with Gasteiger partial charge in [0.1, 0.15) is 11.5 Å². The van der Waals surface area contributed by atoms with Crippen LogP contribution in [0.5, 0.6) is 11.5 Å². The van der Waals surface area contributed by atoms with Crippen LogP contribution in [0, 0.1) is 10.1 Å². The summed E-state index contributed by atoms with van der Waals surface area (Å²) in [6.45, 7) is 5.28. The Kier molecular flexibility index (Phi) is 9.58. The molecule has 2 N–H and O–H groups in total. The molecule has 1 fully saturated rings. The largest absolute Gasteiger partial charge is 0.497 e. The van der Waals surface area contributed by atoms with E-state index in [0.29, 0.717) is 0 Å². The van der Waals surface area contributed by atoms with Gasteiger partial charge in [-0.25, -0.2) is 9.59 Å². The van der Waals surface area contributed by atoms with E-state index in [-0.39, 0.29) is 10.6 Å². The third-order valence-electron chi connectivity index (χ3n) is 5.06. The normalized spacial score (nSPS) is 14.0. The van der Waals surface area contributed by atoms with Crippen LogP contribution in [-0.2, 0) is 22.7 Å². The van der Waals surface area contributed by atoms with Gasteiger partial charge >= 0.3 is 11.9 Å². The Balaban J connectivity index is 0.000000569. The van der Waals surface area contributed by atoms with Crippen LogP contribution in [0.3, 0.4) is 0 Å². The first-order chi connectivity index (χ1) is 15.7. The highest BCUT2D eigenvalue weighted by Crippen LogP contribution is 2.26. The maximum Gasteiger partial charge on any atom is 0.414 e. The number of nitrogens with zero attached hydrogens (tertiary/aromatic N) is 3. The molecular weight excluding hydrogens is 434 g/mol. The monoisotopic (exact) mass is 461 g/mol. The number of hydrogen-bond acceptors (Lipinski definition) is 8. The van der Waals surface area contributed by atoms with Gasteiger partial charge in [0.15, 0.2) is 0 Å². The van der Waals surface area contributed by atoms with Crippen molar-refractivity contribution < 1.29 is 34.2 Å². The number of carboxylic acid groups (broad SMARTS) is 2. The van der Waals surface area contributed by atoms with Crippen molar-refractivity contribution in [3.05, 3.63) is 63.7 Å². The van der Waals surface area contributed by atoms with Gasteiger partial charge in [-0.05, 0) is 23.8 Å². The highest BCUT2D eigenvalue weighted by Gasteiger charge is 2.19. The average Bonchev–Trinajstić information content (AvgIpc) is 2.80. The van der Waals surface area contributed by atoms with Crippen LogP contribution in [0.1, 0.15) is 11.1 Å². The molecule has 0 amide bonds. The van der Waals surface area contributed by atoms with Crippen molar-refractivity contribution in [3.63, 3.8) is 0 Å². The zero-order valence-corrected chi connectivity index (χ0v) is 18.5. The number of aliphatic carboxylic acids is 2. The number of rotatable bonds is 7. The van der Waals surface area contributed by atoms with Crippen LogP contribution in [0.2, 0.25) is 0 Å². The van der Waals surface area contributed by atoms with Crippen LogP contribution in [0.15, 0.2) is 42.5 Å². The lowest BCUT2D eigenvalue weighted by Gasteiger charge is -2.35. The van der Waals surface area contributed by atoms with Gasteiger partial charge in [-0.1, -0.05) is 12.1 Å². The molecule has 0 aromatic heterocycles. The minimum atomic E-state index is -1.82. The number of carboxylic acids is 2. The van der Waals surface area contributed by atoms with Crippen molar-refractivity contribution in [2.24, 2.45) is 0 Å². The molecule has 1 saturated heterocycles. The molecule has 0 aliphatic carbocycles. The fourth-order valence-corrected chi connectivity index (χ4v) is 3.38. The molecule has 3 rings (SSSR count). The lowest BCUT2D eigenvalue weighted by atomic mass is 10.1. The number of ether oxygens (including phenoxy) is 2. The second kappa shape index (κ2) is 12.4. The Labute approximate surface area is 190 Å². The van der Waals surface area contributed by atoms with Gasteiger partial charge < -0.3 is 19.7 Å². The summed E-state index contributed by atoms with van der Waals surface area (Å²) in [5.41, 5.74) is 2.24. The van der Waals surface area contributed by atoms with Gasteiger partial charge in [-0.3, -0.25) is 19.9 Å². The lowest BCUT2D eigenvalue weighted by Crippen LogP contribution is -2.45. The summed E-state index contributed by atoms with van der Waals surface area (Å²) in [6.07, 6.45) is 0. The van der Waals surface area contributed by atoms with Gasteiger partial charge in [0.2, 0.25) is 0 Å². The van der Waals surface area contributed by atoms with Crippen LogP contribution < -0.4 is 9.47 Å². The molecule has 0 radical (unpaired) electrons. The molecule has 0 saturated carbocycles. The number of non-ortho nitro benzene ring substituents is 1. The number of hydrogen-bond donors (Lipinski definition) is 2. The van der Waals surface area contributed by atoms with E-state index in [1.807, 2.05) is 24.3 Å². The van der Waals surface area contributed by atoms with E-state index in [9.17, 15) is 10.1 Å². The lowest BCUT2D eigenvalue weighted by molar-refractivity contribution is -0.384. The fraction of sp³-hybridized carbons (Fsp3) is 0.364. The summed E-state index contributed by atoms with van der Waals surface area (Å²) in [5.74, 6) is -1.95.